The van der Waals surface area contributed by atoms with Gasteiger partial charge >= 0.3 is 0 Å². The van der Waals surface area contributed by atoms with Gasteiger partial charge in [-0.15, -0.1) is 0 Å². The SMILES string of the molecule is O=C(CCCc1c(F)cccc1F)N1CCN(c2ccc(Cl)cc2Cl)CC1. The predicted molar refractivity (Wildman–Crippen MR) is 105 cm³/mol. The first kappa shape index (κ1) is 19.9. The van der Waals surface area contributed by atoms with Gasteiger partial charge in [0.15, 0.2) is 0 Å². The maximum absolute atomic E-state index is 13.6. The lowest BCUT2D eigenvalue weighted by Gasteiger charge is -2.36. The van der Waals surface area contributed by atoms with Crippen molar-refractivity contribution in [2.75, 3.05) is 31.1 Å². The zero-order valence-electron chi connectivity index (χ0n) is 14.7. The molecule has 0 radical (unpaired) electrons. The summed E-state index contributed by atoms with van der Waals surface area (Å²) in [5, 5.41) is 1.18. The first-order valence-corrected chi connectivity index (χ1v) is 9.62. The third kappa shape index (κ3) is 4.90. The molecule has 1 amide bonds. The summed E-state index contributed by atoms with van der Waals surface area (Å²) in [5.41, 5.74) is 0.954. The Balaban J connectivity index is 1.48. The van der Waals surface area contributed by atoms with Crippen LogP contribution in [0, 0.1) is 11.6 Å². The summed E-state index contributed by atoms with van der Waals surface area (Å²) >= 11 is 12.2. The van der Waals surface area contributed by atoms with Gasteiger partial charge in [0.1, 0.15) is 11.6 Å². The molecule has 0 N–H and O–H groups in total. The van der Waals surface area contributed by atoms with E-state index in [1.54, 1.807) is 17.0 Å². The normalized spacial score (nSPS) is 14.5. The van der Waals surface area contributed by atoms with Crippen LogP contribution < -0.4 is 4.90 Å². The Morgan fingerprint density at radius 3 is 2.30 bits per heavy atom. The van der Waals surface area contributed by atoms with Crippen molar-refractivity contribution >= 4 is 34.8 Å². The van der Waals surface area contributed by atoms with Gasteiger partial charge in [0.2, 0.25) is 5.91 Å². The maximum atomic E-state index is 13.6. The van der Waals surface area contributed by atoms with E-state index in [0.717, 1.165) is 5.69 Å². The van der Waals surface area contributed by atoms with Crippen molar-refractivity contribution in [3.63, 3.8) is 0 Å². The van der Waals surface area contributed by atoms with Crippen LogP contribution in [0.4, 0.5) is 14.5 Å². The summed E-state index contributed by atoms with van der Waals surface area (Å²) in [6.07, 6.45) is 0.903. The number of benzene rings is 2. The van der Waals surface area contributed by atoms with Crippen LogP contribution in [-0.2, 0) is 11.2 Å². The van der Waals surface area contributed by atoms with Crippen molar-refractivity contribution in [1.29, 1.82) is 0 Å². The van der Waals surface area contributed by atoms with Crippen molar-refractivity contribution in [2.45, 2.75) is 19.3 Å². The van der Waals surface area contributed by atoms with E-state index in [1.165, 1.54) is 18.2 Å². The molecule has 27 heavy (non-hydrogen) atoms. The number of nitrogens with zero attached hydrogens (tertiary/aromatic N) is 2. The average Bonchev–Trinajstić information content (AvgIpc) is 2.64. The molecular weight excluding hydrogens is 393 g/mol. The fraction of sp³-hybridized carbons (Fsp3) is 0.350. The minimum absolute atomic E-state index is 0.00796. The first-order valence-electron chi connectivity index (χ1n) is 8.86. The van der Waals surface area contributed by atoms with Gasteiger partial charge < -0.3 is 9.80 Å². The van der Waals surface area contributed by atoms with Crippen molar-refractivity contribution in [3.8, 4) is 0 Å². The Morgan fingerprint density at radius 1 is 1.00 bits per heavy atom. The van der Waals surface area contributed by atoms with Crippen LogP contribution in [0.3, 0.4) is 0 Å². The molecule has 1 aliphatic heterocycles. The minimum Gasteiger partial charge on any atom is -0.367 e. The lowest BCUT2D eigenvalue weighted by atomic mass is 10.1. The van der Waals surface area contributed by atoms with Crippen molar-refractivity contribution in [2.24, 2.45) is 0 Å². The highest BCUT2D eigenvalue weighted by molar-refractivity contribution is 6.36. The van der Waals surface area contributed by atoms with E-state index in [9.17, 15) is 13.6 Å². The minimum atomic E-state index is -0.559. The van der Waals surface area contributed by atoms with Crippen LogP contribution in [0.1, 0.15) is 18.4 Å². The van der Waals surface area contributed by atoms with E-state index in [2.05, 4.69) is 4.90 Å². The molecule has 2 aromatic carbocycles. The Hall–Kier alpha value is -1.85. The van der Waals surface area contributed by atoms with Crippen LogP contribution in [0.2, 0.25) is 10.0 Å². The van der Waals surface area contributed by atoms with Crippen molar-refractivity contribution in [3.05, 3.63) is 63.6 Å². The highest BCUT2D eigenvalue weighted by Crippen LogP contribution is 2.29. The van der Waals surface area contributed by atoms with E-state index in [-0.39, 0.29) is 24.3 Å². The molecule has 0 atom stereocenters. The lowest BCUT2D eigenvalue weighted by Crippen LogP contribution is -2.48. The van der Waals surface area contributed by atoms with E-state index in [1.807, 2.05) is 6.07 Å². The third-order valence-corrected chi connectivity index (χ3v) is 5.30. The second-order valence-electron chi connectivity index (χ2n) is 6.52. The van der Waals surface area contributed by atoms with Crippen LogP contribution in [-0.4, -0.2) is 37.0 Å². The summed E-state index contributed by atoms with van der Waals surface area (Å²) in [5.74, 6) is -1.11. The fourth-order valence-corrected chi connectivity index (χ4v) is 3.81. The summed E-state index contributed by atoms with van der Waals surface area (Å²) < 4.78 is 27.3. The van der Waals surface area contributed by atoms with Gasteiger partial charge in [0.05, 0.1) is 10.7 Å². The summed E-state index contributed by atoms with van der Waals surface area (Å²) in [4.78, 5) is 16.3. The Kier molecular flexibility index (Phi) is 6.55. The van der Waals surface area contributed by atoms with Gasteiger partial charge in [-0.3, -0.25) is 4.79 Å². The first-order chi connectivity index (χ1) is 13.0. The maximum Gasteiger partial charge on any atom is 0.222 e. The second kappa shape index (κ2) is 8.89. The summed E-state index contributed by atoms with van der Waals surface area (Å²) in [7, 11) is 0. The van der Waals surface area contributed by atoms with Crippen LogP contribution in [0.15, 0.2) is 36.4 Å². The van der Waals surface area contributed by atoms with Crippen molar-refractivity contribution < 1.29 is 13.6 Å². The zero-order chi connectivity index (χ0) is 19.4. The molecule has 0 unspecified atom stereocenters. The Bertz CT molecular complexity index is 803. The number of carbonyl (C=O) groups excluding carboxylic acids is 1. The smallest absolute Gasteiger partial charge is 0.222 e. The Morgan fingerprint density at radius 2 is 1.67 bits per heavy atom. The number of anilines is 1. The van der Waals surface area contributed by atoms with Gasteiger partial charge in [-0.2, -0.15) is 0 Å². The Labute approximate surface area is 167 Å². The number of hydrogen-bond acceptors (Lipinski definition) is 2. The monoisotopic (exact) mass is 412 g/mol. The van der Waals surface area contributed by atoms with Crippen LogP contribution >= 0.6 is 23.2 Å². The lowest BCUT2D eigenvalue weighted by molar-refractivity contribution is -0.131. The third-order valence-electron chi connectivity index (χ3n) is 4.76. The molecule has 1 aliphatic rings. The van der Waals surface area contributed by atoms with Gasteiger partial charge in [0, 0.05) is 43.2 Å². The molecule has 0 aliphatic carbocycles. The molecule has 0 saturated carbocycles. The molecule has 0 aromatic heterocycles. The quantitative estimate of drug-likeness (QED) is 0.693. The van der Waals surface area contributed by atoms with Crippen LogP contribution in [0.5, 0.6) is 0 Å². The number of hydrogen-bond donors (Lipinski definition) is 0. The van der Waals surface area contributed by atoms with Crippen LogP contribution in [0.25, 0.3) is 0 Å². The number of piperazine rings is 1. The topological polar surface area (TPSA) is 23.6 Å². The molecular formula is C20H20Cl2F2N2O. The molecule has 3 rings (SSSR count). The fourth-order valence-electron chi connectivity index (χ4n) is 3.28. The average molecular weight is 413 g/mol. The molecule has 144 valence electrons. The standard InChI is InChI=1S/C20H20Cl2F2N2O/c21-14-7-8-19(16(22)13-14)25-9-11-26(12-10-25)20(27)6-1-3-15-17(23)4-2-5-18(15)24/h2,4-5,7-8,13H,1,3,6,9-12H2. The zero-order valence-corrected chi connectivity index (χ0v) is 16.2. The molecule has 1 saturated heterocycles. The molecule has 2 aromatic rings. The van der Waals surface area contributed by atoms with E-state index >= 15 is 0 Å². The van der Waals surface area contributed by atoms with Gasteiger partial charge in [-0.25, -0.2) is 8.78 Å². The second-order valence-corrected chi connectivity index (χ2v) is 7.36. The van der Waals surface area contributed by atoms with Crippen molar-refractivity contribution in [1.82, 2.24) is 4.90 Å². The number of rotatable bonds is 5. The van der Waals surface area contributed by atoms with Gasteiger partial charge in [-0.1, -0.05) is 29.3 Å². The number of halogens is 4. The molecule has 7 heteroatoms. The number of amides is 1. The van der Waals surface area contributed by atoms with E-state index in [0.29, 0.717) is 42.6 Å². The molecule has 1 heterocycles. The molecule has 0 bridgehead atoms. The summed E-state index contributed by atoms with van der Waals surface area (Å²) in [6.45, 7) is 2.53. The highest BCUT2D eigenvalue weighted by atomic mass is 35.5. The predicted octanol–water partition coefficient (Wildman–Crippen LogP) is 4.94. The molecule has 1 fully saturated rings. The van der Waals surface area contributed by atoms with E-state index in [4.69, 9.17) is 23.2 Å². The summed E-state index contributed by atoms with van der Waals surface area (Å²) in [6, 6.07) is 9.19. The largest absolute Gasteiger partial charge is 0.367 e. The van der Waals surface area contributed by atoms with E-state index < -0.39 is 11.6 Å². The van der Waals surface area contributed by atoms with Gasteiger partial charge in [-0.05, 0) is 43.2 Å². The number of carbonyl (C=O) groups is 1. The highest BCUT2D eigenvalue weighted by Gasteiger charge is 2.22. The van der Waals surface area contributed by atoms with Gasteiger partial charge in [0.25, 0.3) is 0 Å². The molecule has 3 nitrogen and oxygen atoms in total. The molecule has 0 spiro atoms.